The third-order valence-electron chi connectivity index (χ3n) is 0.881. The van der Waals surface area contributed by atoms with Crippen molar-refractivity contribution in [3.8, 4) is 0 Å². The Morgan fingerprint density at radius 1 is 1.78 bits per heavy atom. The summed E-state index contributed by atoms with van der Waals surface area (Å²) >= 11 is 9.75. The molecule has 0 amide bonds. The second-order valence-corrected chi connectivity index (χ2v) is 3.54. The number of thiophene rings is 1. The van der Waals surface area contributed by atoms with E-state index < -0.39 is 0 Å². The Morgan fingerprint density at radius 3 is 2.67 bits per heavy atom. The number of hydrogen-bond donors (Lipinski definition) is 0. The van der Waals surface area contributed by atoms with Crippen molar-refractivity contribution in [2.24, 2.45) is 0 Å². The molecule has 0 atom stereocenters. The largest absolute Gasteiger partial charge is 0.204 e. The van der Waals surface area contributed by atoms with Gasteiger partial charge in [-0.25, -0.2) is 4.39 Å². The van der Waals surface area contributed by atoms with E-state index in [0.29, 0.717) is 9.35 Å². The smallest absolute Gasteiger partial charge is 0.152 e. The number of rotatable bonds is 1. The van der Waals surface area contributed by atoms with Gasteiger partial charge in [-0.3, -0.25) is 0 Å². The first-order valence-electron chi connectivity index (χ1n) is 2.23. The van der Waals surface area contributed by atoms with Crippen LogP contribution in [0.1, 0.15) is 4.88 Å². The van der Waals surface area contributed by atoms with E-state index in [1.54, 1.807) is 5.38 Å². The lowest BCUT2D eigenvalue weighted by molar-refractivity contribution is 0.618. The summed E-state index contributed by atoms with van der Waals surface area (Å²) in [6.07, 6.45) is 0. The first-order chi connectivity index (χ1) is 4.25. The van der Waals surface area contributed by atoms with Gasteiger partial charge in [0, 0.05) is 5.38 Å². The summed E-state index contributed by atoms with van der Waals surface area (Å²) in [7, 11) is 0. The van der Waals surface area contributed by atoms with Gasteiger partial charge >= 0.3 is 0 Å². The van der Waals surface area contributed by atoms with E-state index >= 15 is 0 Å². The van der Waals surface area contributed by atoms with E-state index in [2.05, 4.69) is 15.9 Å². The summed E-state index contributed by atoms with van der Waals surface area (Å²) in [6.45, 7) is 0. The van der Waals surface area contributed by atoms with Crippen molar-refractivity contribution in [2.45, 2.75) is 5.88 Å². The zero-order chi connectivity index (χ0) is 6.85. The average molecular weight is 230 g/mol. The second kappa shape index (κ2) is 2.99. The molecule has 0 fully saturated rings. The van der Waals surface area contributed by atoms with Gasteiger partial charge in [-0.1, -0.05) is 0 Å². The van der Waals surface area contributed by atoms with Crippen molar-refractivity contribution in [3.05, 3.63) is 20.5 Å². The molecule has 0 radical (unpaired) electrons. The maximum absolute atomic E-state index is 12.6. The molecule has 1 aromatic heterocycles. The summed E-state index contributed by atoms with van der Waals surface area (Å²) in [5, 5.41) is 1.69. The second-order valence-electron chi connectivity index (χ2n) is 1.45. The van der Waals surface area contributed by atoms with Gasteiger partial charge in [0.15, 0.2) is 5.82 Å². The molecular formula is C5H3BrClFS. The first-order valence-corrected chi connectivity index (χ1v) is 4.43. The summed E-state index contributed by atoms with van der Waals surface area (Å²) < 4.78 is 13.1. The Hall–Kier alpha value is 0.400. The molecule has 0 aromatic carbocycles. The van der Waals surface area contributed by atoms with Crippen LogP contribution in [0.15, 0.2) is 9.85 Å². The molecule has 50 valence electrons. The van der Waals surface area contributed by atoms with Crippen molar-refractivity contribution in [2.75, 3.05) is 0 Å². The van der Waals surface area contributed by atoms with Crippen molar-refractivity contribution in [1.82, 2.24) is 0 Å². The van der Waals surface area contributed by atoms with E-state index in [1.165, 1.54) is 11.3 Å². The molecule has 0 spiro atoms. The zero-order valence-corrected chi connectivity index (χ0v) is 7.49. The molecule has 1 aromatic rings. The predicted molar refractivity (Wildman–Crippen MR) is 41.5 cm³/mol. The van der Waals surface area contributed by atoms with Crippen molar-refractivity contribution in [1.29, 1.82) is 0 Å². The quantitative estimate of drug-likeness (QED) is 0.648. The number of alkyl halides is 1. The van der Waals surface area contributed by atoms with E-state index in [9.17, 15) is 4.39 Å². The minimum absolute atomic E-state index is 0.227. The fourth-order valence-corrected chi connectivity index (χ4v) is 2.03. The summed E-state index contributed by atoms with van der Waals surface area (Å²) in [5.41, 5.74) is 0. The molecule has 0 aliphatic heterocycles. The number of halogens is 3. The minimum atomic E-state index is -0.227. The van der Waals surface area contributed by atoms with Crippen LogP contribution in [0.25, 0.3) is 0 Å². The van der Waals surface area contributed by atoms with Crippen molar-refractivity contribution in [3.63, 3.8) is 0 Å². The Bertz CT molecular complexity index is 211. The summed E-state index contributed by atoms with van der Waals surface area (Å²) in [6, 6.07) is 0. The van der Waals surface area contributed by atoms with Gasteiger partial charge < -0.3 is 0 Å². The molecule has 4 heteroatoms. The molecule has 1 heterocycles. The summed E-state index contributed by atoms with van der Waals surface area (Å²) in [4.78, 5) is 0.587. The molecule has 1 rings (SSSR count). The van der Waals surface area contributed by atoms with Crippen LogP contribution in [-0.4, -0.2) is 0 Å². The van der Waals surface area contributed by atoms with Gasteiger partial charge in [0.2, 0.25) is 0 Å². The lowest BCUT2D eigenvalue weighted by Gasteiger charge is -1.84. The molecule has 0 saturated heterocycles. The summed E-state index contributed by atoms with van der Waals surface area (Å²) in [5.74, 6) is 0.0252. The van der Waals surface area contributed by atoms with Gasteiger partial charge in [0.05, 0.1) is 15.2 Å². The van der Waals surface area contributed by atoms with Gasteiger partial charge in [-0.15, -0.1) is 22.9 Å². The highest BCUT2D eigenvalue weighted by Crippen LogP contribution is 2.26. The van der Waals surface area contributed by atoms with Crippen molar-refractivity contribution >= 4 is 38.9 Å². The molecule has 0 N–H and O–H groups in total. The third-order valence-corrected chi connectivity index (χ3v) is 3.15. The maximum Gasteiger partial charge on any atom is 0.152 e. The molecule has 0 aliphatic rings. The molecule has 0 nitrogen and oxygen atoms in total. The molecule has 0 unspecified atom stereocenters. The van der Waals surface area contributed by atoms with E-state index in [-0.39, 0.29) is 11.7 Å². The monoisotopic (exact) mass is 228 g/mol. The van der Waals surface area contributed by atoms with E-state index in [4.69, 9.17) is 11.6 Å². The molecule has 0 bridgehead atoms. The van der Waals surface area contributed by atoms with Gasteiger partial charge in [-0.2, -0.15) is 0 Å². The van der Waals surface area contributed by atoms with Crippen LogP contribution in [0.2, 0.25) is 0 Å². The SMILES string of the molecule is Fc1c(Br)csc1CCl. The van der Waals surface area contributed by atoms with Gasteiger partial charge in [0.1, 0.15) is 0 Å². The standard InChI is InChI=1S/C5H3BrClFS/c6-3-2-9-4(1-7)5(3)8/h2H,1H2. The van der Waals surface area contributed by atoms with Crippen LogP contribution in [0.3, 0.4) is 0 Å². The van der Waals surface area contributed by atoms with Crippen LogP contribution < -0.4 is 0 Å². The van der Waals surface area contributed by atoms with Gasteiger partial charge in [0.25, 0.3) is 0 Å². The molecular weight excluding hydrogens is 226 g/mol. The van der Waals surface area contributed by atoms with Crippen molar-refractivity contribution < 1.29 is 4.39 Å². The van der Waals surface area contributed by atoms with E-state index in [1.807, 2.05) is 0 Å². The maximum atomic E-state index is 12.6. The van der Waals surface area contributed by atoms with Crippen LogP contribution in [-0.2, 0) is 5.88 Å². The first kappa shape index (κ1) is 7.51. The Balaban J connectivity index is 3.04. The highest BCUT2D eigenvalue weighted by molar-refractivity contribution is 9.10. The number of hydrogen-bond acceptors (Lipinski definition) is 1. The Kier molecular flexibility index (Phi) is 2.50. The molecule has 0 saturated carbocycles. The molecule has 9 heavy (non-hydrogen) atoms. The third kappa shape index (κ3) is 1.45. The highest BCUT2D eigenvalue weighted by Gasteiger charge is 2.06. The van der Waals surface area contributed by atoms with Crippen LogP contribution in [0.4, 0.5) is 4.39 Å². The van der Waals surface area contributed by atoms with Crippen LogP contribution in [0, 0.1) is 5.82 Å². The zero-order valence-electron chi connectivity index (χ0n) is 4.33. The lowest BCUT2D eigenvalue weighted by atomic mass is 10.5. The molecule has 0 aliphatic carbocycles. The Morgan fingerprint density at radius 2 is 2.44 bits per heavy atom. The van der Waals surface area contributed by atoms with Gasteiger partial charge in [-0.05, 0) is 15.9 Å². The average Bonchev–Trinajstić information content (AvgIpc) is 2.15. The minimum Gasteiger partial charge on any atom is -0.204 e. The Labute approximate surface area is 69.8 Å². The fraction of sp³-hybridized carbons (Fsp3) is 0.200. The van der Waals surface area contributed by atoms with Crippen LogP contribution in [0.5, 0.6) is 0 Å². The lowest BCUT2D eigenvalue weighted by Crippen LogP contribution is -1.74. The predicted octanol–water partition coefficient (Wildman–Crippen LogP) is 3.39. The highest BCUT2D eigenvalue weighted by atomic mass is 79.9. The topological polar surface area (TPSA) is 0 Å². The van der Waals surface area contributed by atoms with E-state index in [0.717, 1.165) is 0 Å². The fourth-order valence-electron chi connectivity index (χ4n) is 0.450. The normalized spacial score (nSPS) is 10.1. The van der Waals surface area contributed by atoms with Crippen LogP contribution >= 0.6 is 38.9 Å².